The molecule has 0 radical (unpaired) electrons. The van der Waals surface area contributed by atoms with Crippen LogP contribution >= 0.6 is 0 Å². The van der Waals surface area contributed by atoms with Crippen molar-refractivity contribution in [3.63, 3.8) is 0 Å². The molecule has 624 valence electrons. The summed E-state index contributed by atoms with van der Waals surface area (Å²) in [6.45, 7) is 11.7. The Morgan fingerprint density at radius 2 is 0.504 bits per heavy atom. The molecule has 3 aliphatic rings. The Bertz CT molecular complexity index is 5240. The SMILES string of the molecule is Cc1ccc(C(=O)OCC2OC(OCC3OC(O)C(OC(=O)c4ccccc4)C(OC4OC(COC(=O)c5ccc(C)cc5)C(OC(=O)c5ccc(C)cc5)C(OC(=O)c5ccc(C)cc5)C4OC(=O)c4ccc(C)cc4)C3OCc3ccccc3)C(OC(=O)c3ccc(C)cc3)C(OC(=O)c3ccc(C)cc3)C2OC(=O)c2ccc(C)cc2)cc1. The van der Waals surface area contributed by atoms with Gasteiger partial charge in [0, 0.05) is 0 Å². The van der Waals surface area contributed by atoms with Gasteiger partial charge in [-0.15, -0.1) is 0 Å². The molecule has 25 nitrogen and oxygen atoms in total. The normalized spacial score (nSPS) is 22.4. The van der Waals surface area contributed by atoms with Gasteiger partial charge in [-0.25, -0.2) is 43.2 Å². The van der Waals surface area contributed by atoms with E-state index in [1.54, 1.807) is 180 Å². The lowest BCUT2D eigenvalue weighted by molar-refractivity contribution is -0.363. The minimum absolute atomic E-state index is 0.00101. The van der Waals surface area contributed by atoms with Crippen molar-refractivity contribution in [2.75, 3.05) is 19.8 Å². The number of hydrogen-bond acceptors (Lipinski definition) is 25. The van der Waals surface area contributed by atoms with Crippen LogP contribution in [0.5, 0.6) is 0 Å². The zero-order valence-corrected chi connectivity index (χ0v) is 67.5. The van der Waals surface area contributed by atoms with Crippen LogP contribution < -0.4 is 0 Å². The second kappa shape index (κ2) is 39.8. The number of aliphatic hydroxyl groups is 1. The van der Waals surface area contributed by atoms with E-state index < -0.39 is 166 Å². The van der Waals surface area contributed by atoms with Crippen molar-refractivity contribution >= 4 is 53.7 Å². The third-order valence-electron chi connectivity index (χ3n) is 20.6. The van der Waals surface area contributed by atoms with Crippen LogP contribution in [-0.4, -0.2) is 171 Å². The fourth-order valence-corrected chi connectivity index (χ4v) is 13.6. The Morgan fingerprint density at radius 3 is 0.835 bits per heavy atom. The number of aliphatic hydroxyl groups excluding tert-OH is 1. The molecule has 3 aliphatic heterocycles. The average Bonchev–Trinajstić information content (AvgIpc) is 0.764. The highest BCUT2D eigenvalue weighted by Crippen LogP contribution is 2.39. The lowest BCUT2D eigenvalue weighted by Gasteiger charge is -2.49. The summed E-state index contributed by atoms with van der Waals surface area (Å²) >= 11 is 0. The Morgan fingerprint density at radius 1 is 0.248 bits per heavy atom. The van der Waals surface area contributed by atoms with Crippen molar-refractivity contribution in [2.24, 2.45) is 0 Å². The second-order valence-electron chi connectivity index (χ2n) is 29.9. The van der Waals surface area contributed by atoms with E-state index in [-0.39, 0.29) is 56.7 Å². The highest BCUT2D eigenvalue weighted by Gasteiger charge is 2.59. The number of carbonyl (C=O) groups excluding carboxylic acids is 9. The van der Waals surface area contributed by atoms with E-state index in [1.807, 2.05) is 20.8 Å². The molecule has 25 heteroatoms. The first-order valence-corrected chi connectivity index (χ1v) is 39.3. The van der Waals surface area contributed by atoms with Gasteiger partial charge in [-0.1, -0.05) is 190 Å². The molecule has 3 saturated heterocycles. The number of ether oxygens (including phenoxy) is 15. The molecular weight excluding hydrogens is 1550 g/mol. The van der Waals surface area contributed by atoms with Crippen molar-refractivity contribution in [3.05, 3.63) is 355 Å². The van der Waals surface area contributed by atoms with Crippen molar-refractivity contribution in [3.8, 4) is 0 Å². The molecular formula is C96H90O25. The molecule has 13 rings (SSSR count). The van der Waals surface area contributed by atoms with Crippen molar-refractivity contribution in [1.29, 1.82) is 0 Å². The zero-order chi connectivity index (χ0) is 85.4. The molecule has 15 atom stereocenters. The number of benzene rings is 10. The second-order valence-corrected chi connectivity index (χ2v) is 29.9. The highest BCUT2D eigenvalue weighted by atomic mass is 16.8. The summed E-state index contributed by atoms with van der Waals surface area (Å²) in [5.41, 5.74) is 6.92. The molecule has 0 bridgehead atoms. The summed E-state index contributed by atoms with van der Waals surface area (Å²) in [4.78, 5) is 133. The summed E-state index contributed by atoms with van der Waals surface area (Å²) in [6.07, 6.45) is -29.4. The molecule has 0 saturated carbocycles. The van der Waals surface area contributed by atoms with E-state index in [0.29, 0.717) is 5.56 Å². The molecule has 10 aromatic carbocycles. The van der Waals surface area contributed by atoms with Gasteiger partial charge >= 0.3 is 53.7 Å². The van der Waals surface area contributed by atoms with Crippen LogP contribution in [0.15, 0.2) is 255 Å². The Balaban J connectivity index is 0.958. The van der Waals surface area contributed by atoms with Crippen molar-refractivity contribution < 1.29 is 119 Å². The molecule has 0 amide bonds. The molecule has 0 aliphatic carbocycles. The van der Waals surface area contributed by atoms with Gasteiger partial charge in [-0.3, -0.25) is 0 Å². The smallest absolute Gasteiger partial charge is 0.338 e. The summed E-state index contributed by atoms with van der Waals surface area (Å²) in [5.74, 6) is -8.93. The molecule has 1 N–H and O–H groups in total. The van der Waals surface area contributed by atoms with Gasteiger partial charge < -0.3 is 76.2 Å². The Labute approximate surface area is 698 Å². The minimum Gasteiger partial charge on any atom is -0.459 e. The monoisotopic (exact) mass is 1640 g/mol. The number of esters is 9. The maximum atomic E-state index is 15.2. The van der Waals surface area contributed by atoms with Crippen LogP contribution in [0, 0.1) is 55.4 Å². The van der Waals surface area contributed by atoms with Crippen LogP contribution in [-0.2, 0) is 77.7 Å². The predicted octanol–water partition coefficient (Wildman–Crippen LogP) is 13.9. The summed E-state index contributed by atoms with van der Waals surface area (Å²) < 4.78 is 98.9. The Kier molecular flexibility index (Phi) is 28.3. The predicted molar refractivity (Wildman–Crippen MR) is 435 cm³/mol. The fraction of sp³-hybridized carbons (Fsp3) is 0.281. The quantitative estimate of drug-likeness (QED) is 0.0352. The van der Waals surface area contributed by atoms with Gasteiger partial charge in [0.15, 0.2) is 61.6 Å². The lowest BCUT2D eigenvalue weighted by Crippen LogP contribution is -2.67. The van der Waals surface area contributed by atoms with Gasteiger partial charge in [0.1, 0.15) is 43.7 Å². The lowest BCUT2D eigenvalue weighted by atomic mass is 9.95. The molecule has 10 aromatic rings. The molecule has 3 heterocycles. The standard InChI is InChI=1S/C96H90O25/c1-55-19-35-65(36-20-55)85(97)108-52-74-77(114-88(100)67-39-23-57(3)24-40-67)80(116-90(102)69-43-27-59(5)28-44-69)83(119-92(104)71-47-31-61(7)32-48-71)95(112-74)110-54-73-76(107-51-63-15-11-9-12-16-63)79(82(94(106)111-73)118-87(99)64-17-13-10-14-18-64)121-96-84(120-93(105)72-49-33-62(8)34-50-72)81(117-91(103)70-45-29-60(6)30-46-70)78(115-89(101)68-41-25-58(4)26-42-68)75(113-96)53-109-86(98)66-37-21-56(2)22-38-66/h9-50,73-84,94-96,106H,51-54H2,1-8H3. The molecule has 15 unspecified atom stereocenters. The summed E-state index contributed by atoms with van der Waals surface area (Å²) in [7, 11) is 0. The maximum absolute atomic E-state index is 15.2. The van der Waals surface area contributed by atoms with Crippen LogP contribution in [0.3, 0.4) is 0 Å². The fourth-order valence-electron chi connectivity index (χ4n) is 13.6. The van der Waals surface area contributed by atoms with Crippen LogP contribution in [0.1, 0.15) is 143 Å². The molecule has 0 aromatic heterocycles. The van der Waals surface area contributed by atoms with Gasteiger partial charge in [-0.2, -0.15) is 0 Å². The topological polar surface area (TPSA) is 312 Å². The van der Waals surface area contributed by atoms with E-state index in [0.717, 1.165) is 44.5 Å². The van der Waals surface area contributed by atoms with Crippen molar-refractivity contribution in [2.45, 2.75) is 154 Å². The summed E-state index contributed by atoms with van der Waals surface area (Å²) in [5, 5.41) is 13.0. The Hall–Kier alpha value is -12.9. The van der Waals surface area contributed by atoms with Crippen LogP contribution in [0.25, 0.3) is 0 Å². The maximum Gasteiger partial charge on any atom is 0.338 e. The number of hydrogen-bond donors (Lipinski definition) is 1. The van der Waals surface area contributed by atoms with E-state index in [2.05, 4.69) is 0 Å². The first-order chi connectivity index (χ1) is 58.3. The first-order valence-electron chi connectivity index (χ1n) is 39.3. The highest BCUT2D eigenvalue weighted by molar-refractivity contribution is 5.94. The largest absolute Gasteiger partial charge is 0.459 e. The first kappa shape index (κ1) is 86.0. The number of aryl methyl sites for hydroxylation is 8. The number of carbonyl (C=O) groups is 9. The van der Waals surface area contributed by atoms with Crippen LogP contribution in [0.4, 0.5) is 0 Å². The molecule has 3 fully saturated rings. The third-order valence-corrected chi connectivity index (χ3v) is 20.6. The van der Waals surface area contributed by atoms with E-state index in [9.17, 15) is 33.9 Å². The van der Waals surface area contributed by atoms with E-state index in [4.69, 9.17) is 71.1 Å². The zero-order valence-electron chi connectivity index (χ0n) is 67.5. The average molecular weight is 1640 g/mol. The van der Waals surface area contributed by atoms with Gasteiger partial charge in [0.25, 0.3) is 0 Å². The molecule has 121 heavy (non-hydrogen) atoms. The van der Waals surface area contributed by atoms with E-state index >= 15 is 14.4 Å². The van der Waals surface area contributed by atoms with Crippen LogP contribution in [0.2, 0.25) is 0 Å². The molecule has 0 spiro atoms. The minimum atomic E-state index is -2.31. The van der Waals surface area contributed by atoms with Crippen molar-refractivity contribution in [1.82, 2.24) is 0 Å². The van der Waals surface area contributed by atoms with E-state index in [1.165, 1.54) is 109 Å². The van der Waals surface area contributed by atoms with Gasteiger partial charge in [-0.05, 0) is 170 Å². The van der Waals surface area contributed by atoms with Gasteiger partial charge in [0.05, 0.1) is 63.3 Å². The number of rotatable bonds is 28. The third kappa shape index (κ3) is 22.2. The van der Waals surface area contributed by atoms with Gasteiger partial charge in [0.2, 0.25) is 0 Å². The summed E-state index contributed by atoms with van der Waals surface area (Å²) in [6, 6.07) is 66.9.